The van der Waals surface area contributed by atoms with E-state index in [4.69, 9.17) is 10.8 Å². The van der Waals surface area contributed by atoms with Crippen molar-refractivity contribution in [1.82, 2.24) is 0 Å². The van der Waals surface area contributed by atoms with Gasteiger partial charge in [-0.1, -0.05) is 0 Å². The Balaban J connectivity index is 2.89. The van der Waals surface area contributed by atoms with Crippen molar-refractivity contribution in [3.05, 3.63) is 34.4 Å². The van der Waals surface area contributed by atoms with Gasteiger partial charge in [-0.3, -0.25) is 0 Å². The zero-order chi connectivity index (χ0) is 8.27. The fourth-order valence-electron chi connectivity index (χ4n) is 0.695. The Kier molecular flexibility index (Phi) is 2.40. The van der Waals surface area contributed by atoms with Crippen molar-refractivity contribution >= 4 is 0 Å². The zero-order valence-corrected chi connectivity index (χ0v) is 5.86. The van der Waals surface area contributed by atoms with E-state index in [0.717, 1.165) is 0 Å². The van der Waals surface area contributed by atoms with Crippen LogP contribution in [0.5, 0.6) is 0 Å². The molecule has 0 aliphatic carbocycles. The van der Waals surface area contributed by atoms with Gasteiger partial charge >= 0.3 is 5.63 Å². The third-order valence-corrected chi connectivity index (χ3v) is 1.33. The fourth-order valence-corrected chi connectivity index (χ4v) is 0.695. The van der Waals surface area contributed by atoms with Gasteiger partial charge in [0, 0.05) is 18.2 Å². The molecule has 1 unspecified atom stereocenters. The van der Waals surface area contributed by atoms with Crippen molar-refractivity contribution in [2.75, 3.05) is 6.54 Å². The molecule has 0 aliphatic rings. The molecule has 3 N–H and O–H groups in total. The molecule has 1 atom stereocenters. The van der Waals surface area contributed by atoms with Crippen LogP contribution in [0.4, 0.5) is 0 Å². The summed E-state index contributed by atoms with van der Waals surface area (Å²) < 4.78 is 4.51. The van der Waals surface area contributed by atoms with E-state index < -0.39 is 11.7 Å². The molecule has 4 heteroatoms. The third-order valence-electron chi connectivity index (χ3n) is 1.33. The molecule has 11 heavy (non-hydrogen) atoms. The summed E-state index contributed by atoms with van der Waals surface area (Å²) >= 11 is 0. The minimum atomic E-state index is -0.751. The van der Waals surface area contributed by atoms with Crippen LogP contribution in [0.1, 0.15) is 11.7 Å². The average Bonchev–Trinajstić information content (AvgIpc) is 2.05. The molecular formula is C7H9NO3. The summed E-state index contributed by atoms with van der Waals surface area (Å²) in [5.74, 6) is 0. The first-order chi connectivity index (χ1) is 5.24. The molecule has 0 saturated heterocycles. The number of hydrogen-bond donors (Lipinski definition) is 2. The molecule has 60 valence electrons. The number of hydrogen-bond acceptors (Lipinski definition) is 4. The van der Waals surface area contributed by atoms with E-state index in [2.05, 4.69) is 4.42 Å². The Morgan fingerprint density at radius 3 is 2.82 bits per heavy atom. The molecule has 1 heterocycles. The van der Waals surface area contributed by atoms with Crippen LogP contribution in [-0.2, 0) is 0 Å². The van der Waals surface area contributed by atoms with E-state index in [0.29, 0.717) is 5.56 Å². The third kappa shape index (κ3) is 1.89. The molecule has 1 aromatic heterocycles. The number of rotatable bonds is 2. The van der Waals surface area contributed by atoms with E-state index in [1.807, 2.05) is 0 Å². The summed E-state index contributed by atoms with van der Waals surface area (Å²) in [6.07, 6.45) is 0.458. The van der Waals surface area contributed by atoms with E-state index in [-0.39, 0.29) is 6.54 Å². The van der Waals surface area contributed by atoms with Crippen molar-refractivity contribution in [1.29, 1.82) is 0 Å². The Bertz CT molecular complexity index is 261. The second-order valence-electron chi connectivity index (χ2n) is 2.14. The summed E-state index contributed by atoms with van der Waals surface area (Å²) in [5, 5.41) is 9.13. The summed E-state index contributed by atoms with van der Waals surface area (Å²) in [7, 11) is 0. The zero-order valence-electron chi connectivity index (χ0n) is 5.86. The van der Waals surface area contributed by atoms with Crippen LogP contribution in [0.2, 0.25) is 0 Å². The standard InChI is InChI=1S/C7H9NO3/c8-3-6(9)5-1-2-7(10)11-4-5/h1-2,4,6,9H,3,8H2. The molecule has 1 aromatic rings. The molecule has 0 radical (unpaired) electrons. The lowest BCUT2D eigenvalue weighted by atomic mass is 10.2. The Labute approximate surface area is 63.3 Å². The van der Waals surface area contributed by atoms with Gasteiger partial charge in [-0.05, 0) is 6.07 Å². The predicted octanol–water partition coefficient (Wildman–Crippen LogP) is -0.368. The molecule has 0 spiro atoms. The summed E-state index contributed by atoms with van der Waals surface area (Å²) in [6, 6.07) is 2.73. The van der Waals surface area contributed by atoms with Gasteiger partial charge in [0.15, 0.2) is 0 Å². The normalized spacial score (nSPS) is 12.9. The van der Waals surface area contributed by atoms with E-state index >= 15 is 0 Å². The van der Waals surface area contributed by atoms with Crippen LogP contribution in [0, 0.1) is 0 Å². The van der Waals surface area contributed by atoms with Crippen LogP contribution in [0.25, 0.3) is 0 Å². The van der Waals surface area contributed by atoms with Crippen molar-refractivity contribution < 1.29 is 9.52 Å². The maximum absolute atomic E-state index is 10.5. The first kappa shape index (κ1) is 7.97. The number of aliphatic hydroxyl groups excluding tert-OH is 1. The quantitative estimate of drug-likeness (QED) is 0.611. The van der Waals surface area contributed by atoms with Crippen LogP contribution in [0.15, 0.2) is 27.6 Å². The Morgan fingerprint density at radius 1 is 1.64 bits per heavy atom. The first-order valence-electron chi connectivity index (χ1n) is 3.21. The van der Waals surface area contributed by atoms with E-state index in [9.17, 15) is 4.79 Å². The first-order valence-corrected chi connectivity index (χ1v) is 3.21. The van der Waals surface area contributed by atoms with Gasteiger partial charge in [0.25, 0.3) is 0 Å². The van der Waals surface area contributed by atoms with Gasteiger partial charge in [0.1, 0.15) is 6.26 Å². The van der Waals surface area contributed by atoms with Crippen molar-refractivity contribution in [2.24, 2.45) is 5.73 Å². The smallest absolute Gasteiger partial charge is 0.335 e. The van der Waals surface area contributed by atoms with Crippen molar-refractivity contribution in [3.63, 3.8) is 0 Å². The van der Waals surface area contributed by atoms with Crippen LogP contribution in [-0.4, -0.2) is 11.7 Å². The van der Waals surface area contributed by atoms with Gasteiger partial charge in [-0.15, -0.1) is 0 Å². The monoisotopic (exact) mass is 155 g/mol. The van der Waals surface area contributed by atoms with Crippen LogP contribution < -0.4 is 11.4 Å². The highest BCUT2D eigenvalue weighted by molar-refractivity contribution is 5.09. The van der Waals surface area contributed by atoms with Crippen LogP contribution >= 0.6 is 0 Å². The summed E-state index contributed by atoms with van der Waals surface area (Å²) in [4.78, 5) is 10.5. The highest BCUT2D eigenvalue weighted by atomic mass is 16.4. The Hall–Kier alpha value is -1.13. The van der Waals surface area contributed by atoms with Crippen LogP contribution in [0.3, 0.4) is 0 Å². The maximum atomic E-state index is 10.5. The lowest BCUT2D eigenvalue weighted by molar-refractivity contribution is 0.183. The topological polar surface area (TPSA) is 76.5 Å². The predicted molar refractivity (Wildman–Crippen MR) is 39.0 cm³/mol. The molecule has 0 fully saturated rings. The largest absolute Gasteiger partial charge is 0.431 e. The minimum Gasteiger partial charge on any atom is -0.431 e. The highest BCUT2D eigenvalue weighted by Gasteiger charge is 2.04. The number of aliphatic hydroxyl groups is 1. The number of nitrogens with two attached hydrogens (primary N) is 1. The molecule has 0 amide bonds. The van der Waals surface area contributed by atoms with Gasteiger partial charge < -0.3 is 15.3 Å². The summed E-state index contributed by atoms with van der Waals surface area (Å²) in [5.41, 5.74) is 5.26. The van der Waals surface area contributed by atoms with E-state index in [1.54, 1.807) is 0 Å². The molecule has 1 rings (SSSR count). The van der Waals surface area contributed by atoms with E-state index in [1.165, 1.54) is 18.4 Å². The van der Waals surface area contributed by atoms with Crippen molar-refractivity contribution in [3.8, 4) is 0 Å². The van der Waals surface area contributed by atoms with Gasteiger partial charge in [0.05, 0.1) is 6.10 Å². The lowest BCUT2D eigenvalue weighted by Gasteiger charge is -2.04. The SMILES string of the molecule is NCC(O)c1ccc(=O)oc1. The van der Waals surface area contributed by atoms with Gasteiger partial charge in [-0.2, -0.15) is 0 Å². The average molecular weight is 155 g/mol. The molecule has 0 aromatic carbocycles. The molecule has 4 nitrogen and oxygen atoms in total. The van der Waals surface area contributed by atoms with Crippen molar-refractivity contribution in [2.45, 2.75) is 6.10 Å². The summed E-state index contributed by atoms with van der Waals surface area (Å²) in [6.45, 7) is 0.119. The Morgan fingerprint density at radius 2 is 2.36 bits per heavy atom. The molecule has 0 bridgehead atoms. The molecule has 0 aliphatic heterocycles. The fraction of sp³-hybridized carbons (Fsp3) is 0.286. The molecule has 0 saturated carbocycles. The lowest BCUT2D eigenvalue weighted by Crippen LogP contribution is -2.12. The van der Waals surface area contributed by atoms with Gasteiger partial charge in [-0.25, -0.2) is 4.79 Å². The van der Waals surface area contributed by atoms with Gasteiger partial charge in [0.2, 0.25) is 0 Å². The minimum absolute atomic E-state index is 0.119. The second kappa shape index (κ2) is 3.32. The second-order valence-corrected chi connectivity index (χ2v) is 2.14. The maximum Gasteiger partial charge on any atom is 0.335 e. The molecular weight excluding hydrogens is 146 g/mol. The highest BCUT2D eigenvalue weighted by Crippen LogP contribution is 2.07.